The summed E-state index contributed by atoms with van der Waals surface area (Å²) in [5, 5.41) is 2.71. The SMILES string of the molecule is CCN1CCOc2ccc(NS(=O)(=O)c3ccc(NC(=O)C(C)C)cc3)cc2C1=O. The van der Waals surface area contributed by atoms with E-state index in [4.69, 9.17) is 4.74 Å². The van der Waals surface area contributed by atoms with Gasteiger partial charge in [0, 0.05) is 23.8 Å². The van der Waals surface area contributed by atoms with E-state index in [2.05, 4.69) is 10.0 Å². The number of hydrogen-bond acceptors (Lipinski definition) is 5. The van der Waals surface area contributed by atoms with Crippen molar-refractivity contribution in [2.45, 2.75) is 25.7 Å². The van der Waals surface area contributed by atoms with Crippen LogP contribution in [-0.2, 0) is 14.8 Å². The largest absolute Gasteiger partial charge is 0.491 e. The summed E-state index contributed by atoms with van der Waals surface area (Å²) in [6, 6.07) is 10.5. The lowest BCUT2D eigenvalue weighted by Gasteiger charge is -2.17. The lowest BCUT2D eigenvalue weighted by molar-refractivity contribution is -0.118. The summed E-state index contributed by atoms with van der Waals surface area (Å²) >= 11 is 0. The number of rotatable bonds is 6. The van der Waals surface area contributed by atoms with Crippen molar-refractivity contribution in [3.05, 3.63) is 48.0 Å². The summed E-state index contributed by atoms with van der Waals surface area (Å²) in [4.78, 5) is 26.1. The fraction of sp³-hybridized carbons (Fsp3) is 0.333. The third kappa shape index (κ3) is 4.73. The Hall–Kier alpha value is -3.07. The van der Waals surface area contributed by atoms with Crippen LogP contribution in [0.1, 0.15) is 31.1 Å². The van der Waals surface area contributed by atoms with Crippen molar-refractivity contribution in [1.29, 1.82) is 0 Å². The van der Waals surface area contributed by atoms with Crippen molar-refractivity contribution in [3.8, 4) is 5.75 Å². The molecule has 0 atom stereocenters. The number of anilines is 2. The number of carbonyl (C=O) groups excluding carboxylic acids is 2. The monoisotopic (exact) mass is 431 g/mol. The van der Waals surface area contributed by atoms with Crippen LogP contribution < -0.4 is 14.8 Å². The molecule has 0 spiro atoms. The molecule has 0 fully saturated rings. The number of nitrogens with one attached hydrogen (secondary N) is 2. The third-order valence-corrected chi connectivity index (χ3v) is 6.10. The highest BCUT2D eigenvalue weighted by Gasteiger charge is 2.24. The van der Waals surface area contributed by atoms with Gasteiger partial charge in [-0.25, -0.2) is 8.42 Å². The smallest absolute Gasteiger partial charge is 0.261 e. The predicted octanol–water partition coefficient (Wildman–Crippen LogP) is 2.94. The molecular formula is C21H25N3O5S. The fourth-order valence-electron chi connectivity index (χ4n) is 2.94. The van der Waals surface area contributed by atoms with Crippen LogP contribution in [0.5, 0.6) is 5.75 Å². The van der Waals surface area contributed by atoms with Crippen LogP contribution in [0.2, 0.25) is 0 Å². The molecule has 1 aliphatic heterocycles. The minimum Gasteiger partial charge on any atom is -0.491 e. The van der Waals surface area contributed by atoms with Gasteiger partial charge in [0.15, 0.2) is 0 Å². The summed E-state index contributed by atoms with van der Waals surface area (Å²) < 4.78 is 33.6. The lowest BCUT2D eigenvalue weighted by atomic mass is 10.1. The number of nitrogens with zero attached hydrogens (tertiary/aromatic N) is 1. The van der Waals surface area contributed by atoms with E-state index >= 15 is 0 Å². The van der Waals surface area contributed by atoms with E-state index in [0.717, 1.165) is 0 Å². The maximum absolute atomic E-state index is 12.8. The molecule has 30 heavy (non-hydrogen) atoms. The first kappa shape index (κ1) is 21.6. The Bertz CT molecular complexity index is 1050. The number of likely N-dealkylation sites (N-methyl/N-ethyl adjacent to an activating group) is 1. The first-order valence-corrected chi connectivity index (χ1v) is 11.2. The van der Waals surface area contributed by atoms with E-state index in [1.807, 2.05) is 6.92 Å². The molecule has 1 heterocycles. The van der Waals surface area contributed by atoms with Gasteiger partial charge in [-0.05, 0) is 49.4 Å². The summed E-state index contributed by atoms with van der Waals surface area (Å²) in [6.07, 6.45) is 0. The zero-order valence-electron chi connectivity index (χ0n) is 17.1. The highest BCUT2D eigenvalue weighted by atomic mass is 32.2. The minimum absolute atomic E-state index is 0.0396. The quantitative estimate of drug-likeness (QED) is 0.732. The normalized spacial score (nSPS) is 14.0. The second-order valence-electron chi connectivity index (χ2n) is 7.22. The van der Waals surface area contributed by atoms with Crippen molar-refractivity contribution < 1.29 is 22.7 Å². The Balaban J connectivity index is 1.80. The maximum Gasteiger partial charge on any atom is 0.261 e. The van der Waals surface area contributed by atoms with Crippen LogP contribution in [0, 0.1) is 5.92 Å². The molecule has 3 rings (SSSR count). The number of hydrogen-bond donors (Lipinski definition) is 2. The van der Waals surface area contributed by atoms with Crippen LogP contribution in [0.25, 0.3) is 0 Å². The first-order chi connectivity index (χ1) is 14.2. The molecule has 9 heteroatoms. The van der Waals surface area contributed by atoms with E-state index in [-0.39, 0.29) is 28.3 Å². The summed E-state index contributed by atoms with van der Waals surface area (Å²) in [6.45, 7) is 6.82. The van der Waals surface area contributed by atoms with Crippen LogP contribution in [0.4, 0.5) is 11.4 Å². The molecular weight excluding hydrogens is 406 g/mol. The maximum atomic E-state index is 12.8. The van der Waals surface area contributed by atoms with Gasteiger partial charge in [-0.2, -0.15) is 0 Å². The molecule has 1 aliphatic rings. The van der Waals surface area contributed by atoms with Gasteiger partial charge >= 0.3 is 0 Å². The van der Waals surface area contributed by atoms with Gasteiger partial charge in [0.05, 0.1) is 17.0 Å². The van der Waals surface area contributed by atoms with Gasteiger partial charge in [-0.1, -0.05) is 13.8 Å². The number of amides is 2. The highest BCUT2D eigenvalue weighted by Crippen LogP contribution is 2.28. The minimum atomic E-state index is -3.88. The van der Waals surface area contributed by atoms with E-state index in [1.165, 1.54) is 30.3 Å². The number of ether oxygens (including phenoxy) is 1. The van der Waals surface area contributed by atoms with Gasteiger partial charge < -0.3 is 15.0 Å². The van der Waals surface area contributed by atoms with E-state index in [9.17, 15) is 18.0 Å². The highest BCUT2D eigenvalue weighted by molar-refractivity contribution is 7.92. The molecule has 0 aromatic heterocycles. The standard InChI is InChI=1S/C21H25N3O5S/c1-4-24-11-12-29-19-10-7-16(13-18(19)21(24)26)23-30(27,28)17-8-5-15(6-9-17)22-20(25)14(2)3/h5-10,13-14,23H,4,11-12H2,1-3H3,(H,22,25). The van der Waals surface area contributed by atoms with Crippen LogP contribution in [-0.4, -0.2) is 44.8 Å². The van der Waals surface area contributed by atoms with Gasteiger partial charge in [-0.3, -0.25) is 14.3 Å². The van der Waals surface area contributed by atoms with Crippen LogP contribution in [0.15, 0.2) is 47.4 Å². The average Bonchev–Trinajstić information content (AvgIpc) is 2.86. The van der Waals surface area contributed by atoms with E-state index in [0.29, 0.717) is 36.7 Å². The molecule has 2 N–H and O–H groups in total. The second kappa shape index (κ2) is 8.74. The second-order valence-corrected chi connectivity index (χ2v) is 8.90. The van der Waals surface area contributed by atoms with Crippen LogP contribution >= 0.6 is 0 Å². The van der Waals surface area contributed by atoms with Crippen molar-refractivity contribution in [2.24, 2.45) is 5.92 Å². The molecule has 0 bridgehead atoms. The molecule has 0 saturated carbocycles. The fourth-order valence-corrected chi connectivity index (χ4v) is 3.99. The van der Waals surface area contributed by atoms with Gasteiger partial charge in [-0.15, -0.1) is 0 Å². The van der Waals surface area contributed by atoms with Gasteiger partial charge in [0.1, 0.15) is 12.4 Å². The van der Waals surface area contributed by atoms with Crippen molar-refractivity contribution in [2.75, 3.05) is 29.7 Å². The van der Waals surface area contributed by atoms with Crippen LogP contribution in [0.3, 0.4) is 0 Å². The number of sulfonamides is 1. The molecule has 8 nitrogen and oxygen atoms in total. The molecule has 0 aliphatic carbocycles. The molecule has 160 valence electrons. The summed E-state index contributed by atoms with van der Waals surface area (Å²) in [7, 11) is -3.88. The Kier molecular flexibility index (Phi) is 6.31. The molecule has 0 saturated heterocycles. The molecule has 2 aromatic carbocycles. The van der Waals surface area contributed by atoms with Crippen molar-refractivity contribution in [1.82, 2.24) is 4.90 Å². The van der Waals surface area contributed by atoms with E-state index in [1.54, 1.807) is 30.9 Å². The Labute approximate surface area is 176 Å². The summed E-state index contributed by atoms with van der Waals surface area (Å²) in [5.74, 6) is -0.0965. The Morgan fingerprint density at radius 2 is 1.80 bits per heavy atom. The number of benzene rings is 2. The number of carbonyl (C=O) groups is 2. The third-order valence-electron chi connectivity index (χ3n) is 4.71. The van der Waals surface area contributed by atoms with Crippen molar-refractivity contribution >= 4 is 33.2 Å². The van der Waals surface area contributed by atoms with Crippen molar-refractivity contribution in [3.63, 3.8) is 0 Å². The number of fused-ring (bicyclic) bond motifs is 1. The lowest BCUT2D eigenvalue weighted by Crippen LogP contribution is -2.32. The molecule has 0 unspecified atom stereocenters. The summed E-state index contributed by atoms with van der Waals surface area (Å²) in [5.41, 5.74) is 1.10. The topological polar surface area (TPSA) is 105 Å². The van der Waals surface area contributed by atoms with E-state index < -0.39 is 10.0 Å². The molecule has 2 aromatic rings. The molecule has 0 radical (unpaired) electrons. The zero-order valence-corrected chi connectivity index (χ0v) is 18.0. The first-order valence-electron chi connectivity index (χ1n) is 9.71. The average molecular weight is 432 g/mol. The van der Waals surface area contributed by atoms with Gasteiger partial charge in [0.25, 0.3) is 15.9 Å². The Morgan fingerprint density at radius 3 is 2.43 bits per heavy atom. The Morgan fingerprint density at radius 1 is 1.13 bits per heavy atom. The zero-order chi connectivity index (χ0) is 21.9. The predicted molar refractivity (Wildman–Crippen MR) is 114 cm³/mol. The molecule has 2 amide bonds. The van der Waals surface area contributed by atoms with Gasteiger partial charge in [0.2, 0.25) is 5.91 Å².